The molecule has 1 aromatic heterocycles. The molecule has 0 unspecified atom stereocenters. The first-order valence-electron chi connectivity index (χ1n) is 6.08. The smallest absolute Gasteiger partial charge is 0.0580 e. The van der Waals surface area contributed by atoms with Gasteiger partial charge in [-0.1, -0.05) is 30.0 Å². The molecule has 0 aliphatic rings. The highest BCUT2D eigenvalue weighted by Crippen LogP contribution is 1.94. The van der Waals surface area contributed by atoms with Crippen LogP contribution in [0.15, 0.2) is 42.7 Å². The molecule has 3 nitrogen and oxygen atoms in total. The average molecular weight is 239 g/mol. The largest absolute Gasteiger partial charge is 0.304 e. The van der Waals surface area contributed by atoms with E-state index in [-0.39, 0.29) is 0 Å². The van der Waals surface area contributed by atoms with Crippen LogP contribution in [-0.4, -0.2) is 22.9 Å². The molecule has 0 bridgehead atoms. The molecule has 0 saturated heterocycles. The standard InChI is InChI=1S/C15H17N3/c1-14-12-17-18(13-14)11-10-16-9-5-8-15-6-3-2-4-7-15/h2-4,6-7,12-13,16H,9-11H2,1H3. The first-order chi connectivity index (χ1) is 8.84. The van der Waals surface area contributed by atoms with E-state index in [1.165, 1.54) is 5.56 Å². The number of hydrogen-bond donors (Lipinski definition) is 1. The molecule has 1 aromatic carbocycles. The second-order valence-corrected chi connectivity index (χ2v) is 4.13. The molecule has 0 aliphatic carbocycles. The van der Waals surface area contributed by atoms with Gasteiger partial charge in [-0.25, -0.2) is 0 Å². The Morgan fingerprint density at radius 3 is 2.83 bits per heavy atom. The summed E-state index contributed by atoms with van der Waals surface area (Å²) in [7, 11) is 0. The van der Waals surface area contributed by atoms with E-state index in [1.54, 1.807) is 0 Å². The molecule has 0 saturated carbocycles. The van der Waals surface area contributed by atoms with E-state index in [4.69, 9.17) is 0 Å². The normalized spacial score (nSPS) is 9.83. The van der Waals surface area contributed by atoms with Crippen molar-refractivity contribution in [2.24, 2.45) is 0 Å². The van der Waals surface area contributed by atoms with Gasteiger partial charge in [-0.15, -0.1) is 0 Å². The van der Waals surface area contributed by atoms with Crippen LogP contribution in [0.3, 0.4) is 0 Å². The zero-order valence-corrected chi connectivity index (χ0v) is 10.6. The minimum Gasteiger partial charge on any atom is -0.304 e. The summed E-state index contributed by atoms with van der Waals surface area (Å²) in [6, 6.07) is 10.0. The second-order valence-electron chi connectivity index (χ2n) is 4.13. The third kappa shape index (κ3) is 4.08. The summed E-state index contributed by atoms with van der Waals surface area (Å²) in [5.74, 6) is 6.21. The predicted molar refractivity (Wildman–Crippen MR) is 73.2 cm³/mol. The van der Waals surface area contributed by atoms with Gasteiger partial charge in [0, 0.05) is 18.3 Å². The van der Waals surface area contributed by atoms with E-state index >= 15 is 0 Å². The minimum absolute atomic E-state index is 0.704. The van der Waals surface area contributed by atoms with Gasteiger partial charge in [-0.05, 0) is 24.6 Å². The lowest BCUT2D eigenvalue weighted by molar-refractivity contribution is 0.575. The molecular weight excluding hydrogens is 222 g/mol. The summed E-state index contributed by atoms with van der Waals surface area (Å²) in [6.07, 6.45) is 3.91. The van der Waals surface area contributed by atoms with Crippen molar-refractivity contribution in [2.45, 2.75) is 13.5 Å². The molecule has 18 heavy (non-hydrogen) atoms. The predicted octanol–water partition coefficient (Wildman–Crippen LogP) is 1.83. The van der Waals surface area contributed by atoms with Crippen LogP contribution in [0.4, 0.5) is 0 Å². The molecule has 0 radical (unpaired) electrons. The topological polar surface area (TPSA) is 29.9 Å². The molecule has 2 aromatic rings. The fourth-order valence-corrected chi connectivity index (χ4v) is 1.60. The van der Waals surface area contributed by atoms with Gasteiger partial charge in [0.25, 0.3) is 0 Å². The Morgan fingerprint density at radius 1 is 1.28 bits per heavy atom. The SMILES string of the molecule is Cc1cnn(CCNCC#Cc2ccccc2)c1. The van der Waals surface area contributed by atoms with Gasteiger partial charge >= 0.3 is 0 Å². The van der Waals surface area contributed by atoms with Crippen LogP contribution in [0.2, 0.25) is 0 Å². The van der Waals surface area contributed by atoms with E-state index in [0.29, 0.717) is 6.54 Å². The fraction of sp³-hybridized carbons (Fsp3) is 0.267. The van der Waals surface area contributed by atoms with Crippen LogP contribution >= 0.6 is 0 Å². The average Bonchev–Trinajstić information content (AvgIpc) is 2.81. The quantitative estimate of drug-likeness (QED) is 0.651. The lowest BCUT2D eigenvalue weighted by Gasteiger charge is -2.00. The highest BCUT2D eigenvalue weighted by atomic mass is 15.3. The van der Waals surface area contributed by atoms with Crippen molar-refractivity contribution in [1.29, 1.82) is 0 Å². The Hall–Kier alpha value is -2.05. The maximum absolute atomic E-state index is 4.22. The third-order valence-electron chi connectivity index (χ3n) is 2.50. The van der Waals surface area contributed by atoms with Crippen molar-refractivity contribution < 1.29 is 0 Å². The molecule has 0 amide bonds. The van der Waals surface area contributed by atoms with E-state index in [9.17, 15) is 0 Å². The summed E-state index contributed by atoms with van der Waals surface area (Å²) >= 11 is 0. The fourth-order valence-electron chi connectivity index (χ4n) is 1.60. The van der Waals surface area contributed by atoms with Crippen LogP contribution in [0.5, 0.6) is 0 Å². The number of rotatable bonds is 4. The number of nitrogens with one attached hydrogen (secondary N) is 1. The minimum atomic E-state index is 0.704. The van der Waals surface area contributed by atoms with E-state index in [1.807, 2.05) is 54.3 Å². The maximum Gasteiger partial charge on any atom is 0.0580 e. The van der Waals surface area contributed by atoms with E-state index in [2.05, 4.69) is 22.3 Å². The molecule has 2 rings (SSSR count). The maximum atomic E-state index is 4.22. The summed E-state index contributed by atoms with van der Waals surface area (Å²) < 4.78 is 1.94. The Bertz CT molecular complexity index is 532. The van der Waals surface area contributed by atoms with Gasteiger partial charge < -0.3 is 5.32 Å². The number of aryl methyl sites for hydroxylation is 1. The number of hydrogen-bond acceptors (Lipinski definition) is 2. The summed E-state index contributed by atoms with van der Waals surface area (Å²) in [5, 5.41) is 7.50. The first-order valence-corrected chi connectivity index (χ1v) is 6.08. The van der Waals surface area contributed by atoms with E-state index < -0.39 is 0 Å². The van der Waals surface area contributed by atoms with E-state index in [0.717, 1.165) is 18.7 Å². The summed E-state index contributed by atoms with van der Waals surface area (Å²) in [4.78, 5) is 0. The van der Waals surface area contributed by atoms with Crippen LogP contribution in [0, 0.1) is 18.8 Å². The van der Waals surface area contributed by atoms with Gasteiger partial charge in [-0.3, -0.25) is 4.68 Å². The Balaban J connectivity index is 1.66. The van der Waals surface area contributed by atoms with Crippen molar-refractivity contribution in [3.63, 3.8) is 0 Å². The molecule has 1 N–H and O–H groups in total. The van der Waals surface area contributed by atoms with Crippen molar-refractivity contribution in [2.75, 3.05) is 13.1 Å². The zero-order valence-electron chi connectivity index (χ0n) is 10.6. The van der Waals surface area contributed by atoms with Crippen molar-refractivity contribution in [3.8, 4) is 11.8 Å². The number of nitrogens with zero attached hydrogens (tertiary/aromatic N) is 2. The van der Waals surface area contributed by atoms with Crippen molar-refractivity contribution >= 4 is 0 Å². The lowest BCUT2D eigenvalue weighted by Crippen LogP contribution is -2.20. The van der Waals surface area contributed by atoms with Crippen LogP contribution in [0.25, 0.3) is 0 Å². The van der Waals surface area contributed by atoms with Gasteiger partial charge in [0.05, 0.1) is 19.3 Å². The van der Waals surface area contributed by atoms with Gasteiger partial charge in [-0.2, -0.15) is 5.10 Å². The highest BCUT2D eigenvalue weighted by Gasteiger charge is 1.92. The van der Waals surface area contributed by atoms with Gasteiger partial charge in [0.15, 0.2) is 0 Å². The Kier molecular flexibility index (Phi) is 4.57. The van der Waals surface area contributed by atoms with Crippen LogP contribution in [0.1, 0.15) is 11.1 Å². The Morgan fingerprint density at radius 2 is 2.11 bits per heavy atom. The molecule has 0 atom stereocenters. The first kappa shape index (κ1) is 12.4. The molecule has 0 spiro atoms. The van der Waals surface area contributed by atoms with Crippen LogP contribution in [-0.2, 0) is 6.54 Å². The highest BCUT2D eigenvalue weighted by molar-refractivity contribution is 5.33. The zero-order chi connectivity index (χ0) is 12.6. The monoisotopic (exact) mass is 239 g/mol. The summed E-state index contributed by atoms with van der Waals surface area (Å²) in [5.41, 5.74) is 2.25. The van der Waals surface area contributed by atoms with Crippen molar-refractivity contribution in [1.82, 2.24) is 15.1 Å². The van der Waals surface area contributed by atoms with Crippen LogP contribution < -0.4 is 5.32 Å². The molecule has 3 heteroatoms. The molecular formula is C15H17N3. The molecule has 92 valence electrons. The van der Waals surface area contributed by atoms with Gasteiger partial charge in [0.2, 0.25) is 0 Å². The van der Waals surface area contributed by atoms with Crippen molar-refractivity contribution in [3.05, 3.63) is 53.9 Å². The molecule has 0 fully saturated rings. The Labute approximate surface area is 108 Å². The second kappa shape index (κ2) is 6.63. The number of benzene rings is 1. The van der Waals surface area contributed by atoms with Gasteiger partial charge in [0.1, 0.15) is 0 Å². The third-order valence-corrected chi connectivity index (χ3v) is 2.50. The summed E-state index contributed by atoms with van der Waals surface area (Å²) in [6.45, 7) is 4.50. The lowest BCUT2D eigenvalue weighted by atomic mass is 10.2. The number of aromatic nitrogens is 2. The molecule has 0 aliphatic heterocycles. The molecule has 1 heterocycles.